The third-order valence-electron chi connectivity index (χ3n) is 5.01. The van der Waals surface area contributed by atoms with Crippen LogP contribution in [-0.4, -0.2) is 54.3 Å². The molecule has 1 amide bonds. The predicted molar refractivity (Wildman–Crippen MR) is 112 cm³/mol. The number of nitro groups is 1. The third kappa shape index (κ3) is 4.20. The zero-order valence-electron chi connectivity index (χ0n) is 16.1. The quantitative estimate of drug-likeness (QED) is 0.286. The molecule has 0 radical (unpaired) electrons. The molecule has 10 nitrogen and oxygen atoms in total. The molecule has 2 aromatic heterocycles. The average molecular weight is 428 g/mol. The number of carbonyl (C=O) groups is 1. The van der Waals surface area contributed by atoms with Gasteiger partial charge in [-0.2, -0.15) is 5.10 Å². The number of benzene rings is 1. The van der Waals surface area contributed by atoms with Crippen LogP contribution in [0.4, 0.5) is 5.69 Å². The van der Waals surface area contributed by atoms with Crippen LogP contribution in [-0.2, 0) is 4.79 Å². The summed E-state index contributed by atoms with van der Waals surface area (Å²) in [7, 11) is 0. The second-order valence-corrected chi connectivity index (χ2v) is 7.99. The highest BCUT2D eigenvalue weighted by Gasteiger charge is 2.17. The standard InChI is InChI=1S/C19H20N6O4S/c26-16(23-9-3-1-2-4-10-23)12-30-19-21-17-15(18(27)22-19)11-20-24(17)13-5-7-14(8-6-13)25(28)29/h5-8,11H,1-4,9-10,12H2,(H,21,22,27). The van der Waals surface area contributed by atoms with E-state index in [0.29, 0.717) is 21.9 Å². The van der Waals surface area contributed by atoms with Gasteiger partial charge in [0.1, 0.15) is 5.39 Å². The lowest BCUT2D eigenvalue weighted by Crippen LogP contribution is -2.33. The Balaban J connectivity index is 1.56. The summed E-state index contributed by atoms with van der Waals surface area (Å²) in [6, 6.07) is 5.82. The number of nitrogens with one attached hydrogen (secondary N) is 1. The van der Waals surface area contributed by atoms with Crippen LogP contribution in [0.25, 0.3) is 16.7 Å². The zero-order valence-corrected chi connectivity index (χ0v) is 16.9. The lowest BCUT2D eigenvalue weighted by atomic mass is 10.2. The number of carbonyl (C=O) groups excluding carboxylic acids is 1. The van der Waals surface area contributed by atoms with Gasteiger partial charge in [-0.05, 0) is 25.0 Å². The molecule has 1 fully saturated rings. The second kappa shape index (κ2) is 8.66. The van der Waals surface area contributed by atoms with Crippen molar-refractivity contribution in [2.75, 3.05) is 18.8 Å². The Morgan fingerprint density at radius 3 is 2.53 bits per heavy atom. The molecule has 0 bridgehead atoms. The largest absolute Gasteiger partial charge is 0.342 e. The van der Waals surface area contributed by atoms with Crippen LogP contribution < -0.4 is 5.56 Å². The molecule has 11 heteroatoms. The van der Waals surface area contributed by atoms with Crippen molar-refractivity contribution in [2.45, 2.75) is 30.8 Å². The van der Waals surface area contributed by atoms with E-state index in [4.69, 9.17) is 0 Å². The van der Waals surface area contributed by atoms with Crippen molar-refractivity contribution in [1.82, 2.24) is 24.6 Å². The molecule has 30 heavy (non-hydrogen) atoms. The molecule has 0 saturated carbocycles. The second-order valence-electron chi connectivity index (χ2n) is 7.02. The molecule has 156 valence electrons. The van der Waals surface area contributed by atoms with E-state index in [9.17, 15) is 19.7 Å². The SMILES string of the molecule is O=C(CSc1nc2c(cnn2-c2ccc([N+](=O)[O-])cc2)c(=O)[nH]1)N1CCCCCC1. The first-order valence-corrected chi connectivity index (χ1v) is 10.6. The van der Waals surface area contributed by atoms with E-state index in [1.807, 2.05) is 4.90 Å². The molecule has 3 aromatic rings. The summed E-state index contributed by atoms with van der Waals surface area (Å²) in [5.41, 5.74) is 0.491. The summed E-state index contributed by atoms with van der Waals surface area (Å²) in [5, 5.41) is 15.7. The van der Waals surface area contributed by atoms with Gasteiger partial charge in [0.2, 0.25) is 5.91 Å². The van der Waals surface area contributed by atoms with E-state index in [-0.39, 0.29) is 22.9 Å². The highest BCUT2D eigenvalue weighted by atomic mass is 32.2. The Labute approximate surface area is 175 Å². The fraction of sp³-hybridized carbons (Fsp3) is 0.368. The van der Waals surface area contributed by atoms with E-state index in [1.54, 1.807) is 12.1 Å². The van der Waals surface area contributed by atoms with E-state index in [1.165, 1.54) is 34.8 Å². The minimum Gasteiger partial charge on any atom is -0.342 e. The molecule has 1 aliphatic heterocycles. The molecule has 1 aliphatic rings. The van der Waals surface area contributed by atoms with Gasteiger partial charge >= 0.3 is 0 Å². The normalized spacial score (nSPS) is 14.6. The van der Waals surface area contributed by atoms with Crippen molar-refractivity contribution in [3.05, 3.63) is 50.9 Å². The molecule has 4 rings (SSSR count). The molecule has 0 unspecified atom stereocenters. The summed E-state index contributed by atoms with van der Waals surface area (Å²) in [6.45, 7) is 1.55. The number of hydrogen-bond donors (Lipinski definition) is 1. The predicted octanol–water partition coefficient (Wildman–Crippen LogP) is 2.51. The van der Waals surface area contributed by atoms with Crippen molar-refractivity contribution >= 4 is 34.4 Å². The van der Waals surface area contributed by atoms with Crippen molar-refractivity contribution in [2.24, 2.45) is 0 Å². The minimum absolute atomic E-state index is 0.0357. The van der Waals surface area contributed by atoms with Crippen LogP contribution in [0.3, 0.4) is 0 Å². The van der Waals surface area contributed by atoms with Crippen molar-refractivity contribution in [3.8, 4) is 5.69 Å². The molecular weight excluding hydrogens is 408 g/mol. The van der Waals surface area contributed by atoms with Crippen LogP contribution in [0, 0.1) is 10.1 Å². The molecule has 0 aliphatic carbocycles. The molecule has 1 N–H and O–H groups in total. The fourth-order valence-corrected chi connectivity index (χ4v) is 4.17. The van der Waals surface area contributed by atoms with E-state index in [2.05, 4.69) is 15.1 Å². The van der Waals surface area contributed by atoms with Gasteiger partial charge in [-0.15, -0.1) is 0 Å². The number of aromatic nitrogens is 4. The van der Waals surface area contributed by atoms with Crippen LogP contribution in [0.5, 0.6) is 0 Å². The van der Waals surface area contributed by atoms with Crippen molar-refractivity contribution < 1.29 is 9.72 Å². The Morgan fingerprint density at radius 1 is 1.17 bits per heavy atom. The van der Waals surface area contributed by atoms with Gasteiger partial charge in [0.15, 0.2) is 10.8 Å². The first-order chi connectivity index (χ1) is 14.5. The molecule has 1 aromatic carbocycles. The van der Waals surface area contributed by atoms with Gasteiger partial charge < -0.3 is 9.88 Å². The Kier molecular flexibility index (Phi) is 5.79. The lowest BCUT2D eigenvalue weighted by Gasteiger charge is -2.19. The Morgan fingerprint density at radius 2 is 1.87 bits per heavy atom. The molecule has 1 saturated heterocycles. The number of nitrogens with zero attached hydrogens (tertiary/aromatic N) is 5. The maximum absolute atomic E-state index is 12.5. The van der Waals surface area contributed by atoms with Crippen LogP contribution in [0.1, 0.15) is 25.7 Å². The van der Waals surface area contributed by atoms with Crippen LogP contribution in [0.15, 0.2) is 40.4 Å². The summed E-state index contributed by atoms with van der Waals surface area (Å²) in [6.07, 6.45) is 5.74. The van der Waals surface area contributed by atoms with Gasteiger partial charge in [-0.3, -0.25) is 19.7 Å². The number of aromatic amines is 1. The number of amides is 1. The first-order valence-electron chi connectivity index (χ1n) is 9.66. The summed E-state index contributed by atoms with van der Waals surface area (Å²) in [5.74, 6) is 0.230. The highest BCUT2D eigenvalue weighted by Crippen LogP contribution is 2.20. The number of hydrogen-bond acceptors (Lipinski definition) is 7. The average Bonchev–Trinajstić information content (AvgIpc) is 2.98. The third-order valence-corrected chi connectivity index (χ3v) is 5.87. The number of non-ortho nitro benzene ring substituents is 1. The van der Waals surface area contributed by atoms with E-state index in [0.717, 1.165) is 38.8 Å². The molecular formula is C19H20N6O4S. The van der Waals surface area contributed by atoms with Gasteiger partial charge in [-0.1, -0.05) is 24.6 Å². The number of likely N-dealkylation sites (tertiary alicyclic amines) is 1. The smallest absolute Gasteiger partial charge is 0.269 e. The summed E-state index contributed by atoms with van der Waals surface area (Å²) >= 11 is 1.18. The fourth-order valence-electron chi connectivity index (χ4n) is 3.41. The highest BCUT2D eigenvalue weighted by molar-refractivity contribution is 7.99. The Bertz CT molecular complexity index is 1130. The number of H-pyrrole nitrogens is 1. The van der Waals surface area contributed by atoms with Crippen molar-refractivity contribution in [1.29, 1.82) is 0 Å². The number of thioether (sulfide) groups is 1. The number of fused-ring (bicyclic) bond motifs is 1. The summed E-state index contributed by atoms with van der Waals surface area (Å²) in [4.78, 5) is 44.3. The molecule has 3 heterocycles. The minimum atomic E-state index is -0.482. The lowest BCUT2D eigenvalue weighted by molar-refractivity contribution is -0.384. The van der Waals surface area contributed by atoms with Crippen LogP contribution >= 0.6 is 11.8 Å². The molecule has 0 spiro atoms. The summed E-state index contributed by atoms with van der Waals surface area (Å²) < 4.78 is 1.45. The van der Waals surface area contributed by atoms with Gasteiger partial charge in [0.05, 0.1) is 22.6 Å². The monoisotopic (exact) mass is 428 g/mol. The number of rotatable bonds is 5. The topological polar surface area (TPSA) is 127 Å². The zero-order chi connectivity index (χ0) is 21.1. The van der Waals surface area contributed by atoms with Gasteiger partial charge in [-0.25, -0.2) is 9.67 Å². The number of nitro benzene ring substituents is 1. The first kappa shape index (κ1) is 20.1. The van der Waals surface area contributed by atoms with Crippen molar-refractivity contribution in [3.63, 3.8) is 0 Å². The van der Waals surface area contributed by atoms with Gasteiger partial charge in [0, 0.05) is 25.2 Å². The van der Waals surface area contributed by atoms with E-state index >= 15 is 0 Å². The van der Waals surface area contributed by atoms with E-state index < -0.39 is 4.92 Å². The maximum Gasteiger partial charge on any atom is 0.269 e. The van der Waals surface area contributed by atoms with Crippen LogP contribution in [0.2, 0.25) is 0 Å². The Hall–Kier alpha value is -3.21. The maximum atomic E-state index is 12.5. The molecule has 0 atom stereocenters. The van der Waals surface area contributed by atoms with Gasteiger partial charge in [0.25, 0.3) is 11.2 Å².